The molecular weight excluding hydrogens is 202 g/mol. The predicted octanol–water partition coefficient (Wildman–Crippen LogP) is 1.30. The molecule has 1 aromatic heterocycles. The van der Waals surface area contributed by atoms with Crippen LogP contribution in [0.1, 0.15) is 11.3 Å². The van der Waals surface area contributed by atoms with E-state index in [1.165, 1.54) is 0 Å². The summed E-state index contributed by atoms with van der Waals surface area (Å²) in [4.78, 5) is 0. The van der Waals surface area contributed by atoms with Crippen molar-refractivity contribution in [1.82, 2.24) is 15.0 Å². The standard InChI is InChI=1S/C11H11N5/c1-16-8-11(14-15-16)7-13-10-4-2-3-9(5-10)6-12/h2-5,8,13H,7H2,1H3. The van der Waals surface area contributed by atoms with Gasteiger partial charge in [-0.3, -0.25) is 4.68 Å². The predicted molar refractivity (Wildman–Crippen MR) is 59.5 cm³/mol. The molecule has 1 aromatic carbocycles. The lowest BCUT2D eigenvalue weighted by Crippen LogP contribution is -1.99. The normalized spacial score (nSPS) is 9.75. The van der Waals surface area contributed by atoms with E-state index in [0.29, 0.717) is 12.1 Å². The zero-order valence-corrected chi connectivity index (χ0v) is 8.88. The lowest BCUT2D eigenvalue weighted by Gasteiger charge is -2.03. The first kappa shape index (κ1) is 10.2. The molecule has 0 bridgehead atoms. The fourth-order valence-corrected chi connectivity index (χ4v) is 1.37. The van der Waals surface area contributed by atoms with Crippen LogP contribution in [0.4, 0.5) is 5.69 Å². The van der Waals surface area contributed by atoms with Crippen LogP contribution >= 0.6 is 0 Å². The Labute approximate surface area is 93.3 Å². The van der Waals surface area contributed by atoms with Crippen LogP contribution in [0.2, 0.25) is 0 Å². The van der Waals surface area contributed by atoms with Crippen LogP contribution in [-0.4, -0.2) is 15.0 Å². The van der Waals surface area contributed by atoms with Crippen LogP contribution in [0.5, 0.6) is 0 Å². The maximum absolute atomic E-state index is 8.75. The highest BCUT2D eigenvalue weighted by atomic mass is 15.4. The third-order valence-corrected chi connectivity index (χ3v) is 2.12. The molecule has 2 aromatic rings. The third-order valence-electron chi connectivity index (χ3n) is 2.12. The van der Waals surface area contributed by atoms with Gasteiger partial charge in [0.25, 0.3) is 0 Å². The minimum atomic E-state index is 0.600. The van der Waals surface area contributed by atoms with E-state index < -0.39 is 0 Å². The van der Waals surface area contributed by atoms with E-state index in [2.05, 4.69) is 21.7 Å². The SMILES string of the molecule is Cn1cc(CNc2cccc(C#N)c2)nn1. The highest BCUT2D eigenvalue weighted by Gasteiger charge is 1.98. The molecule has 1 heterocycles. The van der Waals surface area contributed by atoms with Gasteiger partial charge in [-0.2, -0.15) is 5.26 Å². The van der Waals surface area contributed by atoms with Gasteiger partial charge in [0, 0.05) is 18.9 Å². The first-order chi connectivity index (χ1) is 7.78. The topological polar surface area (TPSA) is 66.5 Å². The quantitative estimate of drug-likeness (QED) is 0.834. The zero-order valence-electron chi connectivity index (χ0n) is 8.88. The molecule has 0 aliphatic heterocycles. The largest absolute Gasteiger partial charge is 0.379 e. The van der Waals surface area contributed by atoms with Gasteiger partial charge in [0.05, 0.1) is 18.2 Å². The molecule has 5 nitrogen and oxygen atoms in total. The second-order valence-electron chi connectivity index (χ2n) is 3.43. The zero-order chi connectivity index (χ0) is 11.4. The van der Waals surface area contributed by atoms with Crippen LogP contribution in [0.3, 0.4) is 0 Å². The number of rotatable bonds is 3. The summed E-state index contributed by atoms with van der Waals surface area (Å²) in [5, 5.41) is 19.7. The van der Waals surface area contributed by atoms with Gasteiger partial charge in [0.2, 0.25) is 0 Å². The maximum atomic E-state index is 8.75. The van der Waals surface area contributed by atoms with Crippen LogP contribution in [0, 0.1) is 11.3 Å². The van der Waals surface area contributed by atoms with Crippen molar-refractivity contribution in [1.29, 1.82) is 5.26 Å². The Morgan fingerprint density at radius 2 is 2.38 bits per heavy atom. The number of aryl methyl sites for hydroxylation is 1. The van der Waals surface area contributed by atoms with E-state index >= 15 is 0 Å². The van der Waals surface area contributed by atoms with Gasteiger partial charge in [-0.1, -0.05) is 11.3 Å². The third kappa shape index (κ3) is 2.36. The minimum Gasteiger partial charge on any atom is -0.379 e. The molecule has 0 fully saturated rings. The number of anilines is 1. The Morgan fingerprint density at radius 1 is 1.50 bits per heavy atom. The van der Waals surface area contributed by atoms with Crippen LogP contribution in [0.15, 0.2) is 30.5 Å². The first-order valence-corrected chi connectivity index (χ1v) is 4.87. The van der Waals surface area contributed by atoms with Crippen molar-refractivity contribution < 1.29 is 0 Å². The Balaban J connectivity index is 2.02. The Hall–Kier alpha value is -2.35. The highest BCUT2D eigenvalue weighted by Crippen LogP contribution is 2.10. The minimum absolute atomic E-state index is 0.600. The fraction of sp³-hybridized carbons (Fsp3) is 0.182. The molecule has 2 rings (SSSR count). The van der Waals surface area contributed by atoms with Gasteiger partial charge in [-0.15, -0.1) is 5.10 Å². The Morgan fingerprint density at radius 3 is 3.06 bits per heavy atom. The summed E-state index contributed by atoms with van der Waals surface area (Å²) in [5.41, 5.74) is 2.42. The molecule has 0 spiro atoms. The van der Waals surface area contributed by atoms with Crippen LogP contribution in [-0.2, 0) is 13.6 Å². The van der Waals surface area contributed by atoms with Crippen molar-refractivity contribution in [2.24, 2.45) is 7.05 Å². The van der Waals surface area contributed by atoms with Crippen LogP contribution in [0.25, 0.3) is 0 Å². The maximum Gasteiger partial charge on any atom is 0.102 e. The van der Waals surface area contributed by atoms with Gasteiger partial charge >= 0.3 is 0 Å². The molecular formula is C11H11N5. The molecule has 0 atom stereocenters. The van der Waals surface area contributed by atoms with Crippen molar-refractivity contribution in [3.63, 3.8) is 0 Å². The summed E-state index contributed by atoms with van der Waals surface area (Å²) in [6.45, 7) is 0.600. The van der Waals surface area contributed by atoms with Crippen molar-refractivity contribution in [3.05, 3.63) is 41.7 Å². The van der Waals surface area contributed by atoms with E-state index in [-0.39, 0.29) is 0 Å². The molecule has 5 heteroatoms. The molecule has 0 amide bonds. The molecule has 80 valence electrons. The summed E-state index contributed by atoms with van der Waals surface area (Å²) in [6, 6.07) is 9.43. The molecule has 0 aliphatic carbocycles. The summed E-state index contributed by atoms with van der Waals surface area (Å²) < 4.78 is 1.66. The lowest BCUT2D eigenvalue weighted by atomic mass is 10.2. The van der Waals surface area contributed by atoms with E-state index in [1.54, 1.807) is 16.8 Å². The van der Waals surface area contributed by atoms with E-state index in [0.717, 1.165) is 11.4 Å². The average Bonchev–Trinajstić information content (AvgIpc) is 2.73. The van der Waals surface area contributed by atoms with E-state index in [1.807, 2.05) is 25.4 Å². The number of nitriles is 1. The summed E-state index contributed by atoms with van der Waals surface area (Å²) in [6.07, 6.45) is 1.85. The second-order valence-corrected chi connectivity index (χ2v) is 3.43. The molecule has 0 saturated carbocycles. The van der Waals surface area contributed by atoms with E-state index in [9.17, 15) is 0 Å². The first-order valence-electron chi connectivity index (χ1n) is 4.87. The molecule has 0 radical (unpaired) electrons. The molecule has 0 unspecified atom stereocenters. The number of hydrogen-bond donors (Lipinski definition) is 1. The smallest absolute Gasteiger partial charge is 0.102 e. The Kier molecular flexibility index (Phi) is 2.83. The number of aromatic nitrogens is 3. The summed E-state index contributed by atoms with van der Waals surface area (Å²) in [5.74, 6) is 0. The van der Waals surface area contributed by atoms with Gasteiger partial charge in [-0.25, -0.2) is 0 Å². The molecule has 1 N–H and O–H groups in total. The van der Waals surface area contributed by atoms with Crippen LogP contribution < -0.4 is 5.32 Å². The molecule has 16 heavy (non-hydrogen) atoms. The number of nitrogens with zero attached hydrogens (tertiary/aromatic N) is 4. The Bertz CT molecular complexity index is 523. The van der Waals surface area contributed by atoms with Crippen molar-refractivity contribution in [2.75, 3.05) is 5.32 Å². The average molecular weight is 213 g/mol. The fourth-order valence-electron chi connectivity index (χ4n) is 1.37. The van der Waals surface area contributed by atoms with Crippen molar-refractivity contribution >= 4 is 5.69 Å². The summed E-state index contributed by atoms with van der Waals surface area (Å²) in [7, 11) is 1.83. The number of hydrogen-bond acceptors (Lipinski definition) is 4. The van der Waals surface area contributed by atoms with Crippen molar-refractivity contribution in [2.45, 2.75) is 6.54 Å². The monoisotopic (exact) mass is 213 g/mol. The lowest BCUT2D eigenvalue weighted by molar-refractivity contribution is 0.713. The molecule has 0 saturated heterocycles. The van der Waals surface area contributed by atoms with Gasteiger partial charge < -0.3 is 5.32 Å². The number of nitrogens with one attached hydrogen (secondary N) is 1. The second kappa shape index (κ2) is 4.45. The van der Waals surface area contributed by atoms with E-state index in [4.69, 9.17) is 5.26 Å². The number of benzene rings is 1. The molecule has 0 aliphatic rings. The van der Waals surface area contributed by atoms with Crippen molar-refractivity contribution in [3.8, 4) is 6.07 Å². The van der Waals surface area contributed by atoms with Gasteiger partial charge in [0.15, 0.2) is 0 Å². The van der Waals surface area contributed by atoms with Gasteiger partial charge in [0.1, 0.15) is 5.69 Å². The highest BCUT2D eigenvalue weighted by molar-refractivity contribution is 5.49. The van der Waals surface area contributed by atoms with Gasteiger partial charge in [-0.05, 0) is 18.2 Å². The summed E-state index contributed by atoms with van der Waals surface area (Å²) >= 11 is 0.